The standard InChI is InChI=1S/C13H12N2O2/c14-12-7-3-1-5-10(12)9-11-6-2-4-8-13(11)15(16)17/h1-8H,9,14H2. The lowest BCUT2D eigenvalue weighted by Gasteiger charge is -2.05. The number of nitrogens with two attached hydrogens (primary N) is 1. The molecule has 4 heteroatoms. The predicted molar refractivity (Wildman–Crippen MR) is 66.8 cm³/mol. The fraction of sp³-hybridized carbons (Fsp3) is 0.0769. The van der Waals surface area contributed by atoms with Gasteiger partial charge in [-0.15, -0.1) is 0 Å². The highest BCUT2D eigenvalue weighted by Gasteiger charge is 2.13. The van der Waals surface area contributed by atoms with Gasteiger partial charge in [0, 0.05) is 23.7 Å². The van der Waals surface area contributed by atoms with Crippen molar-refractivity contribution in [2.75, 3.05) is 5.73 Å². The van der Waals surface area contributed by atoms with E-state index in [0.29, 0.717) is 17.7 Å². The van der Waals surface area contributed by atoms with E-state index in [0.717, 1.165) is 5.56 Å². The summed E-state index contributed by atoms with van der Waals surface area (Å²) < 4.78 is 0. The Balaban J connectivity index is 2.37. The molecule has 2 rings (SSSR count). The highest BCUT2D eigenvalue weighted by molar-refractivity contribution is 5.51. The molecule has 2 aromatic rings. The van der Waals surface area contributed by atoms with E-state index in [-0.39, 0.29) is 10.6 Å². The molecule has 0 fully saturated rings. The molecule has 0 unspecified atom stereocenters. The van der Waals surface area contributed by atoms with Crippen LogP contribution in [0.3, 0.4) is 0 Å². The molecular formula is C13H12N2O2. The quantitative estimate of drug-likeness (QED) is 0.499. The summed E-state index contributed by atoms with van der Waals surface area (Å²) in [4.78, 5) is 10.5. The smallest absolute Gasteiger partial charge is 0.272 e. The van der Waals surface area contributed by atoms with Gasteiger partial charge in [0.15, 0.2) is 0 Å². The van der Waals surface area contributed by atoms with Gasteiger partial charge >= 0.3 is 0 Å². The van der Waals surface area contributed by atoms with Crippen molar-refractivity contribution in [3.8, 4) is 0 Å². The lowest BCUT2D eigenvalue weighted by molar-refractivity contribution is -0.385. The highest BCUT2D eigenvalue weighted by atomic mass is 16.6. The molecule has 0 radical (unpaired) electrons. The highest BCUT2D eigenvalue weighted by Crippen LogP contribution is 2.23. The van der Waals surface area contributed by atoms with Crippen LogP contribution < -0.4 is 5.73 Å². The predicted octanol–water partition coefficient (Wildman–Crippen LogP) is 2.77. The zero-order valence-corrected chi connectivity index (χ0v) is 9.17. The minimum Gasteiger partial charge on any atom is -0.398 e. The molecule has 0 atom stereocenters. The van der Waals surface area contributed by atoms with Crippen molar-refractivity contribution in [3.05, 3.63) is 69.8 Å². The maximum absolute atomic E-state index is 10.9. The Morgan fingerprint density at radius 1 is 1.00 bits per heavy atom. The molecule has 0 saturated heterocycles. The van der Waals surface area contributed by atoms with Gasteiger partial charge in [0.2, 0.25) is 0 Å². The van der Waals surface area contributed by atoms with E-state index in [1.54, 1.807) is 24.3 Å². The van der Waals surface area contributed by atoms with Crippen molar-refractivity contribution in [2.24, 2.45) is 0 Å². The maximum Gasteiger partial charge on any atom is 0.272 e. The largest absolute Gasteiger partial charge is 0.398 e. The number of nitrogens with zero attached hydrogens (tertiary/aromatic N) is 1. The Hall–Kier alpha value is -2.36. The van der Waals surface area contributed by atoms with Crippen molar-refractivity contribution in [3.63, 3.8) is 0 Å². The van der Waals surface area contributed by atoms with Crippen LogP contribution in [-0.4, -0.2) is 4.92 Å². The zero-order valence-electron chi connectivity index (χ0n) is 9.17. The minimum absolute atomic E-state index is 0.135. The summed E-state index contributed by atoms with van der Waals surface area (Å²) in [7, 11) is 0. The Bertz CT molecular complexity index is 553. The van der Waals surface area contributed by atoms with Crippen LogP contribution in [0.4, 0.5) is 11.4 Å². The SMILES string of the molecule is Nc1ccccc1Cc1ccccc1[N+](=O)[O-]. The van der Waals surface area contributed by atoms with Crippen molar-refractivity contribution in [2.45, 2.75) is 6.42 Å². The van der Waals surface area contributed by atoms with Crippen LogP contribution in [0.15, 0.2) is 48.5 Å². The Labute approximate surface area is 98.8 Å². The van der Waals surface area contributed by atoms with Gasteiger partial charge < -0.3 is 5.73 Å². The average Bonchev–Trinajstić information content (AvgIpc) is 2.32. The van der Waals surface area contributed by atoms with Crippen LogP contribution in [-0.2, 0) is 6.42 Å². The molecule has 0 aliphatic rings. The summed E-state index contributed by atoms with van der Waals surface area (Å²) in [6.07, 6.45) is 0.476. The van der Waals surface area contributed by atoms with Crippen molar-refractivity contribution in [1.82, 2.24) is 0 Å². The first-order valence-electron chi connectivity index (χ1n) is 5.24. The number of hydrogen-bond acceptors (Lipinski definition) is 3. The number of nitro groups is 1. The number of anilines is 1. The number of para-hydroxylation sites is 2. The molecule has 86 valence electrons. The van der Waals surface area contributed by atoms with Gasteiger partial charge in [-0.05, 0) is 11.6 Å². The number of hydrogen-bond donors (Lipinski definition) is 1. The summed E-state index contributed by atoms with van der Waals surface area (Å²) in [6.45, 7) is 0. The normalized spacial score (nSPS) is 10.1. The third kappa shape index (κ3) is 2.42. The van der Waals surface area contributed by atoms with E-state index in [1.165, 1.54) is 6.07 Å². The molecule has 0 aliphatic carbocycles. The fourth-order valence-electron chi connectivity index (χ4n) is 1.74. The van der Waals surface area contributed by atoms with E-state index < -0.39 is 0 Å². The monoisotopic (exact) mass is 228 g/mol. The first kappa shape index (κ1) is 11.1. The molecule has 2 N–H and O–H groups in total. The lowest BCUT2D eigenvalue weighted by atomic mass is 10.0. The van der Waals surface area contributed by atoms with E-state index in [9.17, 15) is 10.1 Å². The summed E-state index contributed by atoms with van der Waals surface area (Å²) in [5, 5.41) is 10.9. The maximum atomic E-state index is 10.9. The van der Waals surface area contributed by atoms with Crippen molar-refractivity contribution >= 4 is 11.4 Å². The van der Waals surface area contributed by atoms with E-state index in [1.807, 2.05) is 18.2 Å². The molecule has 0 amide bonds. The Morgan fingerprint density at radius 2 is 1.59 bits per heavy atom. The second-order valence-corrected chi connectivity index (χ2v) is 3.76. The van der Waals surface area contributed by atoms with Gasteiger partial charge in [-0.25, -0.2) is 0 Å². The molecule has 2 aromatic carbocycles. The van der Waals surface area contributed by atoms with Gasteiger partial charge in [0.25, 0.3) is 5.69 Å². The van der Waals surface area contributed by atoms with Gasteiger partial charge in [-0.1, -0.05) is 36.4 Å². The average molecular weight is 228 g/mol. The minimum atomic E-state index is -0.367. The molecule has 0 saturated carbocycles. The molecular weight excluding hydrogens is 216 g/mol. The second kappa shape index (κ2) is 4.65. The number of nitrogen functional groups attached to an aromatic ring is 1. The van der Waals surface area contributed by atoms with E-state index in [4.69, 9.17) is 5.73 Å². The van der Waals surface area contributed by atoms with Crippen LogP contribution in [0.1, 0.15) is 11.1 Å². The van der Waals surface area contributed by atoms with Gasteiger partial charge in [0.05, 0.1) is 4.92 Å². The lowest BCUT2D eigenvalue weighted by Crippen LogP contribution is -1.99. The molecule has 0 heterocycles. The molecule has 0 bridgehead atoms. The Kier molecular flexibility index (Phi) is 3.05. The van der Waals surface area contributed by atoms with Crippen LogP contribution in [0.5, 0.6) is 0 Å². The Morgan fingerprint density at radius 3 is 2.24 bits per heavy atom. The van der Waals surface area contributed by atoms with Crippen LogP contribution >= 0.6 is 0 Å². The van der Waals surface area contributed by atoms with Gasteiger partial charge in [-0.2, -0.15) is 0 Å². The molecule has 17 heavy (non-hydrogen) atoms. The molecule has 4 nitrogen and oxygen atoms in total. The summed E-state index contributed by atoms with van der Waals surface area (Å²) in [6, 6.07) is 14.1. The summed E-state index contributed by atoms with van der Waals surface area (Å²) >= 11 is 0. The first-order valence-corrected chi connectivity index (χ1v) is 5.24. The fourth-order valence-corrected chi connectivity index (χ4v) is 1.74. The number of nitro benzene ring substituents is 1. The van der Waals surface area contributed by atoms with Crippen LogP contribution in [0, 0.1) is 10.1 Å². The summed E-state index contributed by atoms with van der Waals surface area (Å²) in [5.41, 5.74) is 8.20. The van der Waals surface area contributed by atoms with Gasteiger partial charge in [0.1, 0.15) is 0 Å². The number of rotatable bonds is 3. The molecule has 0 aromatic heterocycles. The topological polar surface area (TPSA) is 69.2 Å². The first-order chi connectivity index (χ1) is 8.18. The number of benzene rings is 2. The van der Waals surface area contributed by atoms with Crippen LogP contribution in [0.2, 0.25) is 0 Å². The summed E-state index contributed by atoms with van der Waals surface area (Å²) in [5.74, 6) is 0. The van der Waals surface area contributed by atoms with Crippen molar-refractivity contribution in [1.29, 1.82) is 0 Å². The third-order valence-corrected chi connectivity index (χ3v) is 2.62. The van der Waals surface area contributed by atoms with Crippen molar-refractivity contribution < 1.29 is 4.92 Å². The molecule has 0 spiro atoms. The van der Waals surface area contributed by atoms with E-state index >= 15 is 0 Å². The second-order valence-electron chi connectivity index (χ2n) is 3.76. The van der Waals surface area contributed by atoms with Crippen LogP contribution in [0.25, 0.3) is 0 Å². The van der Waals surface area contributed by atoms with E-state index in [2.05, 4.69) is 0 Å². The van der Waals surface area contributed by atoms with Gasteiger partial charge in [-0.3, -0.25) is 10.1 Å². The molecule has 0 aliphatic heterocycles. The third-order valence-electron chi connectivity index (χ3n) is 2.62. The zero-order chi connectivity index (χ0) is 12.3.